The number of hydrogen-bond acceptors (Lipinski definition) is 5. The molecule has 0 saturated heterocycles. The molecule has 0 radical (unpaired) electrons. The fourth-order valence-corrected chi connectivity index (χ4v) is 6.11. The van der Waals surface area contributed by atoms with Crippen molar-refractivity contribution in [2.45, 2.75) is 13.3 Å². The Morgan fingerprint density at radius 1 is 1.17 bits per heavy atom. The van der Waals surface area contributed by atoms with Gasteiger partial charge in [0.2, 0.25) is 0 Å². The van der Waals surface area contributed by atoms with Crippen molar-refractivity contribution < 1.29 is 14.6 Å². The van der Waals surface area contributed by atoms with Crippen LogP contribution in [0.15, 0.2) is 54.6 Å². The average molecular weight is 516 g/mol. The van der Waals surface area contributed by atoms with E-state index in [1.54, 1.807) is 11.3 Å². The SMILES string of the molecule is Cc1cc2nc(-c3ccc4c(c3)c(C3=CCOC3)nn4C)sc2c(-c2ccc(Cl)cc2)c1CC(=O)O. The molecule has 6 nitrogen and oxygen atoms in total. The van der Waals surface area contributed by atoms with E-state index in [0.717, 1.165) is 65.2 Å². The zero-order valence-electron chi connectivity index (χ0n) is 19.7. The van der Waals surface area contributed by atoms with Gasteiger partial charge in [-0.1, -0.05) is 29.8 Å². The van der Waals surface area contributed by atoms with E-state index in [-0.39, 0.29) is 6.42 Å². The molecule has 180 valence electrons. The molecule has 0 unspecified atom stereocenters. The van der Waals surface area contributed by atoms with Crippen molar-refractivity contribution >= 4 is 55.6 Å². The Balaban J connectivity index is 1.56. The maximum atomic E-state index is 11.7. The molecule has 0 bridgehead atoms. The van der Waals surface area contributed by atoms with E-state index < -0.39 is 5.97 Å². The summed E-state index contributed by atoms with van der Waals surface area (Å²) in [6.07, 6.45) is 2.02. The van der Waals surface area contributed by atoms with Crippen molar-refractivity contribution in [3.63, 3.8) is 0 Å². The number of fused-ring (bicyclic) bond motifs is 2. The first-order valence-corrected chi connectivity index (χ1v) is 12.7. The van der Waals surface area contributed by atoms with E-state index in [2.05, 4.69) is 24.3 Å². The maximum Gasteiger partial charge on any atom is 0.307 e. The first-order chi connectivity index (χ1) is 17.4. The fraction of sp³-hybridized carbons (Fsp3) is 0.179. The number of aryl methyl sites for hydroxylation is 2. The second-order valence-corrected chi connectivity index (χ2v) is 10.4. The fourth-order valence-electron chi connectivity index (χ4n) is 4.85. The minimum absolute atomic E-state index is 0.0604. The number of carboxylic acids is 1. The molecular formula is C28H22ClN3O3S. The number of rotatable bonds is 5. The first kappa shape index (κ1) is 22.9. The summed E-state index contributed by atoms with van der Waals surface area (Å²) in [5.41, 5.74) is 8.47. The summed E-state index contributed by atoms with van der Waals surface area (Å²) in [7, 11) is 1.95. The van der Waals surface area contributed by atoms with Gasteiger partial charge in [-0.05, 0) is 60.0 Å². The molecule has 5 aromatic rings. The average Bonchev–Trinajstić information content (AvgIpc) is 3.59. The molecular weight excluding hydrogens is 494 g/mol. The summed E-state index contributed by atoms with van der Waals surface area (Å²) >= 11 is 7.72. The van der Waals surface area contributed by atoms with E-state index in [9.17, 15) is 9.90 Å². The van der Waals surface area contributed by atoms with E-state index >= 15 is 0 Å². The molecule has 8 heteroatoms. The molecule has 3 aromatic carbocycles. The monoisotopic (exact) mass is 515 g/mol. The highest BCUT2D eigenvalue weighted by Gasteiger charge is 2.21. The van der Waals surface area contributed by atoms with Gasteiger partial charge >= 0.3 is 5.97 Å². The predicted octanol–water partition coefficient (Wildman–Crippen LogP) is 6.52. The number of ether oxygens (including phenoxy) is 1. The van der Waals surface area contributed by atoms with Gasteiger partial charge in [-0.3, -0.25) is 9.48 Å². The van der Waals surface area contributed by atoms with E-state index in [1.165, 1.54) is 0 Å². The van der Waals surface area contributed by atoms with Gasteiger partial charge in [0.1, 0.15) is 5.01 Å². The lowest BCUT2D eigenvalue weighted by Crippen LogP contribution is -2.04. The second kappa shape index (κ2) is 8.85. The maximum absolute atomic E-state index is 11.7. The third-order valence-corrected chi connectivity index (χ3v) is 7.97. The van der Waals surface area contributed by atoms with Crippen molar-refractivity contribution in [1.29, 1.82) is 0 Å². The van der Waals surface area contributed by atoms with Crippen LogP contribution in [-0.2, 0) is 23.0 Å². The van der Waals surface area contributed by atoms with Crippen LogP contribution < -0.4 is 0 Å². The smallest absolute Gasteiger partial charge is 0.307 e. The molecule has 1 aliphatic heterocycles. The van der Waals surface area contributed by atoms with Crippen LogP contribution in [0.5, 0.6) is 0 Å². The van der Waals surface area contributed by atoms with Gasteiger partial charge < -0.3 is 9.84 Å². The Morgan fingerprint density at radius 2 is 1.94 bits per heavy atom. The largest absolute Gasteiger partial charge is 0.481 e. The minimum Gasteiger partial charge on any atom is -0.481 e. The van der Waals surface area contributed by atoms with Crippen molar-refractivity contribution in [2.24, 2.45) is 7.05 Å². The van der Waals surface area contributed by atoms with Gasteiger partial charge in [-0.15, -0.1) is 11.3 Å². The number of aromatic nitrogens is 3. The van der Waals surface area contributed by atoms with Gasteiger partial charge in [0, 0.05) is 34.2 Å². The molecule has 36 heavy (non-hydrogen) atoms. The normalized spacial score (nSPS) is 13.6. The van der Waals surface area contributed by atoms with Crippen LogP contribution in [0.3, 0.4) is 0 Å². The summed E-state index contributed by atoms with van der Waals surface area (Å²) < 4.78 is 8.39. The third kappa shape index (κ3) is 3.89. The number of carboxylic acid groups (broad SMARTS) is 1. The standard InChI is InChI=1S/C28H22ClN3O3S/c1-15-11-22-27(25(20(15)13-24(33)34)16-3-6-19(29)7-4-16)36-28(30-22)17-5-8-23-21(12-17)26(31-32(23)2)18-9-10-35-14-18/h3-9,11-12H,10,13-14H2,1-2H3,(H,33,34). The number of thiazole rings is 1. The topological polar surface area (TPSA) is 77.2 Å². The highest BCUT2D eigenvalue weighted by Crippen LogP contribution is 2.42. The molecule has 0 aliphatic carbocycles. The number of halogens is 1. The summed E-state index contributed by atoms with van der Waals surface area (Å²) in [4.78, 5) is 16.7. The Kier molecular flexibility index (Phi) is 5.63. The Hall–Kier alpha value is -3.52. The second-order valence-electron chi connectivity index (χ2n) is 8.94. The van der Waals surface area contributed by atoms with Crippen LogP contribution in [0, 0.1) is 6.92 Å². The number of carbonyl (C=O) groups is 1. The van der Waals surface area contributed by atoms with Crippen LogP contribution in [-0.4, -0.2) is 39.1 Å². The molecule has 0 fully saturated rings. The van der Waals surface area contributed by atoms with Crippen LogP contribution in [0.2, 0.25) is 5.02 Å². The van der Waals surface area contributed by atoms with E-state index in [0.29, 0.717) is 18.2 Å². The van der Waals surface area contributed by atoms with Crippen LogP contribution in [0.4, 0.5) is 0 Å². The zero-order chi connectivity index (χ0) is 25.0. The lowest BCUT2D eigenvalue weighted by molar-refractivity contribution is -0.136. The number of nitrogens with zero attached hydrogens (tertiary/aromatic N) is 3. The first-order valence-electron chi connectivity index (χ1n) is 11.5. The molecule has 6 rings (SSSR count). The van der Waals surface area contributed by atoms with Gasteiger partial charge in [0.15, 0.2) is 0 Å². The molecule has 3 heterocycles. The summed E-state index contributed by atoms with van der Waals surface area (Å²) in [5, 5.41) is 16.9. The van der Waals surface area contributed by atoms with Crippen molar-refractivity contribution in [3.05, 3.63) is 76.5 Å². The number of benzene rings is 3. The summed E-state index contributed by atoms with van der Waals surface area (Å²) in [5.74, 6) is -0.864. The lowest BCUT2D eigenvalue weighted by atomic mass is 9.93. The quantitative estimate of drug-likeness (QED) is 0.288. The molecule has 1 N–H and O–H groups in total. The van der Waals surface area contributed by atoms with Crippen molar-refractivity contribution in [1.82, 2.24) is 14.8 Å². The minimum atomic E-state index is -0.864. The van der Waals surface area contributed by atoms with Crippen molar-refractivity contribution in [3.8, 4) is 21.7 Å². The Morgan fingerprint density at radius 3 is 2.67 bits per heavy atom. The van der Waals surface area contributed by atoms with Crippen LogP contribution in [0.1, 0.15) is 16.8 Å². The number of hydrogen-bond donors (Lipinski definition) is 1. The van der Waals surface area contributed by atoms with E-state index in [4.69, 9.17) is 26.4 Å². The molecule has 0 amide bonds. The van der Waals surface area contributed by atoms with Gasteiger partial charge in [0.25, 0.3) is 0 Å². The summed E-state index contributed by atoms with van der Waals surface area (Å²) in [6, 6.07) is 15.8. The molecule has 2 aromatic heterocycles. The predicted molar refractivity (Wildman–Crippen MR) is 145 cm³/mol. The highest BCUT2D eigenvalue weighted by molar-refractivity contribution is 7.22. The van der Waals surface area contributed by atoms with Gasteiger partial charge in [0.05, 0.1) is 41.1 Å². The van der Waals surface area contributed by atoms with E-state index in [1.807, 2.05) is 49.0 Å². The molecule has 1 aliphatic rings. The molecule has 0 saturated carbocycles. The zero-order valence-corrected chi connectivity index (χ0v) is 21.3. The molecule has 0 atom stereocenters. The van der Waals surface area contributed by atoms with Gasteiger partial charge in [-0.25, -0.2) is 4.98 Å². The lowest BCUT2D eigenvalue weighted by Gasteiger charge is -2.13. The summed E-state index contributed by atoms with van der Waals surface area (Å²) in [6.45, 7) is 3.12. The van der Waals surface area contributed by atoms with Crippen LogP contribution in [0.25, 0.3) is 48.4 Å². The van der Waals surface area contributed by atoms with Crippen LogP contribution >= 0.6 is 22.9 Å². The molecule has 0 spiro atoms. The highest BCUT2D eigenvalue weighted by atomic mass is 35.5. The van der Waals surface area contributed by atoms with Gasteiger partial charge in [-0.2, -0.15) is 5.10 Å². The number of aliphatic carboxylic acids is 1. The Labute approximate surface area is 216 Å². The van der Waals surface area contributed by atoms with Crippen molar-refractivity contribution in [2.75, 3.05) is 13.2 Å². The Bertz CT molecular complexity index is 1700. The third-order valence-electron chi connectivity index (χ3n) is 6.58.